The van der Waals surface area contributed by atoms with Crippen molar-refractivity contribution >= 4 is 62.1 Å². The summed E-state index contributed by atoms with van der Waals surface area (Å²) in [6, 6.07) is 12.9. The van der Waals surface area contributed by atoms with Crippen molar-refractivity contribution in [2.45, 2.75) is 6.92 Å². The molecule has 25 heavy (non-hydrogen) atoms. The second-order valence-electron chi connectivity index (χ2n) is 5.08. The minimum absolute atomic E-state index is 0.187. The fraction of sp³-hybridized carbons (Fsp3) is 0.111. The van der Waals surface area contributed by atoms with Gasteiger partial charge in [0.05, 0.1) is 17.2 Å². The van der Waals surface area contributed by atoms with Crippen molar-refractivity contribution in [2.24, 2.45) is 4.99 Å². The lowest BCUT2D eigenvalue weighted by molar-refractivity contribution is -0.115. The molecule has 4 nitrogen and oxygen atoms in total. The molecular formula is C18H14BrClN2O2S. The summed E-state index contributed by atoms with van der Waals surface area (Å²) >= 11 is 10.7. The van der Waals surface area contributed by atoms with Gasteiger partial charge >= 0.3 is 0 Å². The minimum atomic E-state index is -0.187. The van der Waals surface area contributed by atoms with Gasteiger partial charge in [-0.3, -0.25) is 4.79 Å². The van der Waals surface area contributed by atoms with Crippen molar-refractivity contribution in [3.63, 3.8) is 0 Å². The number of carbonyl (C=O) groups excluding carboxylic acids is 1. The first-order chi connectivity index (χ1) is 12.0. The number of aliphatic imine (C=N–C) groups is 1. The zero-order chi connectivity index (χ0) is 17.8. The van der Waals surface area contributed by atoms with Crippen LogP contribution in [-0.4, -0.2) is 17.7 Å². The van der Waals surface area contributed by atoms with Gasteiger partial charge in [0.25, 0.3) is 5.91 Å². The van der Waals surface area contributed by atoms with Crippen LogP contribution in [0.5, 0.6) is 5.75 Å². The molecule has 1 fully saturated rings. The van der Waals surface area contributed by atoms with Gasteiger partial charge < -0.3 is 10.1 Å². The van der Waals surface area contributed by atoms with E-state index in [0.717, 1.165) is 15.8 Å². The Kier molecular flexibility index (Phi) is 5.83. The zero-order valence-corrected chi connectivity index (χ0v) is 16.4. The Morgan fingerprint density at radius 2 is 2.16 bits per heavy atom. The van der Waals surface area contributed by atoms with Gasteiger partial charge in [0, 0.05) is 15.1 Å². The van der Waals surface area contributed by atoms with Crippen LogP contribution >= 0.6 is 39.3 Å². The Labute approximate surface area is 163 Å². The molecule has 0 unspecified atom stereocenters. The van der Waals surface area contributed by atoms with E-state index in [-0.39, 0.29) is 5.91 Å². The maximum atomic E-state index is 12.2. The van der Waals surface area contributed by atoms with E-state index in [9.17, 15) is 4.79 Å². The van der Waals surface area contributed by atoms with Gasteiger partial charge in [0.1, 0.15) is 5.75 Å². The summed E-state index contributed by atoms with van der Waals surface area (Å²) in [6.07, 6.45) is 1.80. The average molecular weight is 438 g/mol. The average Bonchev–Trinajstić information content (AvgIpc) is 2.89. The minimum Gasteiger partial charge on any atom is -0.493 e. The Bertz CT molecular complexity index is 883. The highest BCUT2D eigenvalue weighted by molar-refractivity contribution is 9.10. The van der Waals surface area contributed by atoms with Crippen LogP contribution in [0.2, 0.25) is 5.02 Å². The lowest BCUT2D eigenvalue weighted by Gasteiger charge is -2.07. The maximum Gasteiger partial charge on any atom is 0.264 e. The molecule has 1 N–H and O–H groups in total. The van der Waals surface area contributed by atoms with Gasteiger partial charge in [-0.05, 0) is 61.2 Å². The van der Waals surface area contributed by atoms with E-state index in [2.05, 4.69) is 26.2 Å². The lowest BCUT2D eigenvalue weighted by Crippen LogP contribution is -2.19. The molecule has 1 aliphatic heterocycles. The highest BCUT2D eigenvalue weighted by atomic mass is 79.9. The van der Waals surface area contributed by atoms with E-state index in [0.29, 0.717) is 27.4 Å². The molecule has 0 saturated carbocycles. The third-order valence-corrected chi connectivity index (χ3v) is 4.89. The van der Waals surface area contributed by atoms with Crippen LogP contribution < -0.4 is 10.1 Å². The van der Waals surface area contributed by atoms with E-state index in [1.54, 1.807) is 18.2 Å². The van der Waals surface area contributed by atoms with Crippen molar-refractivity contribution in [3.8, 4) is 5.75 Å². The van der Waals surface area contributed by atoms with E-state index in [1.165, 1.54) is 11.8 Å². The number of amides is 1. The number of halogens is 2. The molecule has 0 bridgehead atoms. The maximum absolute atomic E-state index is 12.2. The monoisotopic (exact) mass is 436 g/mol. The van der Waals surface area contributed by atoms with E-state index >= 15 is 0 Å². The van der Waals surface area contributed by atoms with Crippen molar-refractivity contribution in [1.29, 1.82) is 0 Å². The summed E-state index contributed by atoms with van der Waals surface area (Å²) in [7, 11) is 0. The number of carbonyl (C=O) groups is 1. The lowest BCUT2D eigenvalue weighted by atomic mass is 10.2. The van der Waals surface area contributed by atoms with Gasteiger partial charge in [-0.25, -0.2) is 4.99 Å². The van der Waals surface area contributed by atoms with E-state index < -0.39 is 0 Å². The molecule has 0 radical (unpaired) electrons. The zero-order valence-electron chi connectivity index (χ0n) is 13.3. The summed E-state index contributed by atoms with van der Waals surface area (Å²) in [4.78, 5) is 17.2. The second-order valence-corrected chi connectivity index (χ2v) is 7.46. The SMILES string of the molecule is CCOc1ccc(Br)cc1/C=C1/SC(=Nc2cccc(Cl)c2)NC1=O. The number of hydrogen-bond donors (Lipinski definition) is 1. The number of amidine groups is 1. The normalized spacial score (nSPS) is 17.2. The first-order valence-electron chi connectivity index (χ1n) is 7.52. The van der Waals surface area contributed by atoms with Gasteiger partial charge in [-0.1, -0.05) is 33.6 Å². The molecule has 2 aromatic rings. The third-order valence-electron chi connectivity index (χ3n) is 3.25. The molecule has 1 heterocycles. The number of nitrogens with zero attached hydrogens (tertiary/aromatic N) is 1. The van der Waals surface area contributed by atoms with E-state index in [4.69, 9.17) is 16.3 Å². The predicted molar refractivity (Wildman–Crippen MR) is 108 cm³/mol. The summed E-state index contributed by atoms with van der Waals surface area (Å²) in [5, 5.41) is 3.89. The van der Waals surface area contributed by atoms with Crippen LogP contribution in [0.3, 0.4) is 0 Å². The molecule has 3 rings (SSSR count). The Morgan fingerprint density at radius 3 is 2.92 bits per heavy atom. The van der Waals surface area contributed by atoms with Crippen molar-refractivity contribution in [3.05, 3.63) is 62.4 Å². The smallest absolute Gasteiger partial charge is 0.264 e. The molecule has 7 heteroatoms. The molecule has 0 spiro atoms. The number of thioether (sulfide) groups is 1. The van der Waals surface area contributed by atoms with Crippen LogP contribution in [0.15, 0.2) is 56.8 Å². The van der Waals surface area contributed by atoms with E-state index in [1.807, 2.05) is 37.3 Å². The van der Waals surface area contributed by atoms with Crippen molar-refractivity contribution in [1.82, 2.24) is 5.32 Å². The largest absolute Gasteiger partial charge is 0.493 e. The quantitative estimate of drug-likeness (QED) is 0.652. The standard InChI is InChI=1S/C18H14BrClN2O2S/c1-2-24-15-7-6-12(19)8-11(15)9-16-17(23)22-18(25-16)21-14-5-3-4-13(20)10-14/h3-10H,2H2,1H3,(H,21,22,23)/b16-9+. The van der Waals surface area contributed by atoms with Crippen LogP contribution in [0.4, 0.5) is 5.69 Å². The van der Waals surface area contributed by atoms with Gasteiger partial charge in [-0.15, -0.1) is 0 Å². The Hall–Kier alpha value is -1.76. The number of ether oxygens (including phenoxy) is 1. The van der Waals surface area contributed by atoms with Crippen molar-refractivity contribution in [2.75, 3.05) is 6.61 Å². The molecule has 1 saturated heterocycles. The number of nitrogens with one attached hydrogen (secondary N) is 1. The van der Waals surface area contributed by atoms with Gasteiger partial charge in [0.2, 0.25) is 0 Å². The molecule has 2 aromatic carbocycles. The fourth-order valence-electron chi connectivity index (χ4n) is 2.20. The Morgan fingerprint density at radius 1 is 1.32 bits per heavy atom. The Balaban J connectivity index is 1.88. The summed E-state index contributed by atoms with van der Waals surface area (Å²) in [6.45, 7) is 2.48. The first kappa shape index (κ1) is 18.0. The first-order valence-corrected chi connectivity index (χ1v) is 9.51. The molecule has 0 atom stereocenters. The summed E-state index contributed by atoms with van der Waals surface area (Å²) < 4.78 is 6.54. The molecule has 0 aliphatic carbocycles. The number of rotatable bonds is 4. The van der Waals surface area contributed by atoms with Crippen LogP contribution in [-0.2, 0) is 4.79 Å². The van der Waals surface area contributed by atoms with Crippen LogP contribution in [0.1, 0.15) is 12.5 Å². The highest BCUT2D eigenvalue weighted by Crippen LogP contribution is 2.32. The van der Waals surface area contributed by atoms with Crippen LogP contribution in [0, 0.1) is 0 Å². The van der Waals surface area contributed by atoms with Gasteiger partial charge in [0.15, 0.2) is 5.17 Å². The molecule has 128 valence electrons. The summed E-state index contributed by atoms with van der Waals surface area (Å²) in [5.41, 5.74) is 1.52. The highest BCUT2D eigenvalue weighted by Gasteiger charge is 2.24. The number of hydrogen-bond acceptors (Lipinski definition) is 4. The molecule has 1 amide bonds. The van der Waals surface area contributed by atoms with Crippen molar-refractivity contribution < 1.29 is 9.53 Å². The topological polar surface area (TPSA) is 50.7 Å². The fourth-order valence-corrected chi connectivity index (χ4v) is 3.60. The summed E-state index contributed by atoms with van der Waals surface area (Å²) in [5.74, 6) is 0.542. The van der Waals surface area contributed by atoms with Gasteiger partial charge in [-0.2, -0.15) is 0 Å². The third kappa shape index (κ3) is 4.66. The predicted octanol–water partition coefficient (Wildman–Crippen LogP) is 5.39. The second kappa shape index (κ2) is 8.08. The van der Waals surface area contributed by atoms with Crippen LogP contribution in [0.25, 0.3) is 6.08 Å². The molecule has 1 aliphatic rings. The molecular weight excluding hydrogens is 424 g/mol. The number of benzene rings is 2. The molecule has 0 aromatic heterocycles.